The topological polar surface area (TPSA) is 55.8 Å². The maximum Gasteiger partial charge on any atom is 0.311 e. The van der Waals surface area contributed by atoms with Gasteiger partial charge in [0.25, 0.3) is 0 Å². The highest BCUT2D eigenvalue weighted by atomic mass is 16.6. The zero-order chi connectivity index (χ0) is 19.2. The molecule has 0 saturated carbocycles. The lowest BCUT2D eigenvalue weighted by atomic mass is 9.46. The SMILES string of the molecule is CCC(C)(BCC(C)(C)C(=O)OC(C)(C)C)C(=O)OCCN(C)C. The summed E-state index contributed by atoms with van der Waals surface area (Å²) in [6.45, 7) is 14.3. The zero-order valence-corrected chi connectivity index (χ0v) is 17.1. The van der Waals surface area contributed by atoms with Gasteiger partial charge in [-0.3, -0.25) is 9.59 Å². The minimum atomic E-state index is -0.631. The van der Waals surface area contributed by atoms with Crippen LogP contribution >= 0.6 is 0 Å². The van der Waals surface area contributed by atoms with Gasteiger partial charge in [0.05, 0.1) is 5.41 Å². The number of nitrogens with zero attached hydrogens (tertiary/aromatic N) is 1. The number of ether oxygens (including phenoxy) is 2. The predicted molar refractivity (Wildman–Crippen MR) is 99.8 cm³/mol. The van der Waals surface area contributed by atoms with Crippen LogP contribution in [0.3, 0.4) is 0 Å². The van der Waals surface area contributed by atoms with E-state index in [0.29, 0.717) is 33.2 Å². The van der Waals surface area contributed by atoms with Crippen molar-refractivity contribution in [1.82, 2.24) is 4.90 Å². The van der Waals surface area contributed by atoms with E-state index in [1.165, 1.54) is 0 Å². The van der Waals surface area contributed by atoms with Crippen molar-refractivity contribution in [1.29, 1.82) is 0 Å². The average molecular weight is 341 g/mol. The fourth-order valence-corrected chi connectivity index (χ4v) is 2.03. The second-order valence-corrected chi connectivity index (χ2v) is 8.74. The third-order valence-electron chi connectivity index (χ3n) is 4.30. The van der Waals surface area contributed by atoms with E-state index in [1.807, 2.05) is 67.5 Å². The molecule has 0 rings (SSSR count). The fourth-order valence-electron chi connectivity index (χ4n) is 2.03. The average Bonchev–Trinajstić information content (AvgIpc) is 2.42. The van der Waals surface area contributed by atoms with Crippen LogP contribution in [0.4, 0.5) is 0 Å². The maximum atomic E-state index is 12.4. The molecule has 0 amide bonds. The number of likely N-dealkylation sites (N-methyl/N-ethyl adjacent to an activating group) is 1. The Morgan fingerprint density at radius 1 is 1.00 bits per heavy atom. The van der Waals surface area contributed by atoms with Crippen molar-refractivity contribution >= 4 is 19.2 Å². The normalized spacial score (nSPS) is 14.9. The van der Waals surface area contributed by atoms with Crippen LogP contribution in [-0.4, -0.2) is 57.0 Å². The molecule has 0 N–H and O–H groups in total. The minimum absolute atomic E-state index is 0.188. The van der Waals surface area contributed by atoms with E-state index in [9.17, 15) is 9.59 Å². The van der Waals surface area contributed by atoms with E-state index < -0.39 is 16.3 Å². The van der Waals surface area contributed by atoms with Gasteiger partial charge >= 0.3 is 11.9 Å². The van der Waals surface area contributed by atoms with Crippen LogP contribution in [-0.2, 0) is 19.1 Å². The summed E-state index contributed by atoms with van der Waals surface area (Å²) in [5.74, 6) is -0.415. The highest BCUT2D eigenvalue weighted by Gasteiger charge is 2.39. The van der Waals surface area contributed by atoms with Gasteiger partial charge < -0.3 is 14.4 Å². The van der Waals surface area contributed by atoms with Crippen molar-refractivity contribution in [2.45, 2.75) is 72.1 Å². The molecule has 0 spiro atoms. The van der Waals surface area contributed by atoms with Crippen LogP contribution in [0.25, 0.3) is 0 Å². The first kappa shape index (κ1) is 23.0. The number of rotatable bonds is 9. The van der Waals surface area contributed by atoms with E-state index >= 15 is 0 Å². The zero-order valence-electron chi connectivity index (χ0n) is 17.1. The van der Waals surface area contributed by atoms with Gasteiger partial charge in [0.2, 0.25) is 0 Å². The molecule has 6 heteroatoms. The van der Waals surface area contributed by atoms with Gasteiger partial charge in [0.1, 0.15) is 19.5 Å². The van der Waals surface area contributed by atoms with E-state index in [1.54, 1.807) is 0 Å². The molecule has 0 aliphatic rings. The highest BCUT2D eigenvalue weighted by Crippen LogP contribution is 2.36. The quantitative estimate of drug-likeness (QED) is 0.477. The van der Waals surface area contributed by atoms with E-state index in [-0.39, 0.29) is 11.9 Å². The molecule has 0 aliphatic carbocycles. The summed E-state index contributed by atoms with van der Waals surface area (Å²) in [4.78, 5) is 26.8. The molecule has 0 aromatic rings. The minimum Gasteiger partial charge on any atom is -0.464 e. The Morgan fingerprint density at radius 2 is 1.54 bits per heavy atom. The van der Waals surface area contributed by atoms with Crippen LogP contribution in [0.15, 0.2) is 0 Å². The summed E-state index contributed by atoms with van der Waals surface area (Å²) in [6.07, 6.45) is 1.26. The molecule has 5 nitrogen and oxygen atoms in total. The van der Waals surface area contributed by atoms with E-state index in [0.717, 1.165) is 0 Å². The number of carbonyl (C=O) groups excluding carboxylic acids is 2. The van der Waals surface area contributed by atoms with Crippen molar-refractivity contribution in [3.8, 4) is 0 Å². The fraction of sp³-hybridized carbons (Fsp3) is 0.889. The molecule has 140 valence electrons. The predicted octanol–water partition coefficient (Wildman–Crippen LogP) is 2.90. The molecule has 1 unspecified atom stereocenters. The first-order valence-electron chi connectivity index (χ1n) is 8.79. The summed E-state index contributed by atoms with van der Waals surface area (Å²) < 4.78 is 10.9. The molecular weight excluding hydrogens is 305 g/mol. The van der Waals surface area contributed by atoms with Crippen molar-refractivity contribution in [3.63, 3.8) is 0 Å². The number of hydrogen-bond acceptors (Lipinski definition) is 5. The van der Waals surface area contributed by atoms with E-state index in [4.69, 9.17) is 9.47 Å². The molecule has 0 aliphatic heterocycles. The molecule has 0 aromatic carbocycles. The summed E-state index contributed by atoms with van der Waals surface area (Å²) in [5.41, 5.74) is -1.14. The van der Waals surface area contributed by atoms with Crippen molar-refractivity contribution < 1.29 is 19.1 Å². The molecule has 0 bridgehead atoms. The summed E-state index contributed by atoms with van der Waals surface area (Å²) >= 11 is 0. The molecule has 0 aromatic heterocycles. The Bertz CT molecular complexity index is 429. The van der Waals surface area contributed by atoms with Crippen LogP contribution in [0.2, 0.25) is 11.6 Å². The van der Waals surface area contributed by atoms with E-state index in [2.05, 4.69) is 0 Å². The molecule has 0 saturated heterocycles. The molecular formula is C18H36BNO4. The molecule has 24 heavy (non-hydrogen) atoms. The van der Waals surface area contributed by atoms with Gasteiger partial charge in [-0.2, -0.15) is 0 Å². The Labute approximate surface area is 148 Å². The lowest BCUT2D eigenvalue weighted by Gasteiger charge is -2.31. The Hall–Kier alpha value is -1.04. The van der Waals surface area contributed by atoms with Crippen LogP contribution in [0.5, 0.6) is 0 Å². The smallest absolute Gasteiger partial charge is 0.311 e. The van der Waals surface area contributed by atoms with Gasteiger partial charge in [-0.05, 0) is 41.3 Å². The maximum absolute atomic E-state index is 12.4. The third kappa shape index (κ3) is 8.18. The first-order chi connectivity index (χ1) is 10.7. The highest BCUT2D eigenvalue weighted by molar-refractivity contribution is 6.47. The second-order valence-electron chi connectivity index (χ2n) is 8.74. The van der Waals surface area contributed by atoms with Crippen molar-refractivity contribution in [3.05, 3.63) is 0 Å². The van der Waals surface area contributed by atoms with Crippen LogP contribution < -0.4 is 0 Å². The van der Waals surface area contributed by atoms with Gasteiger partial charge in [-0.25, -0.2) is 0 Å². The molecule has 0 radical (unpaired) electrons. The van der Waals surface area contributed by atoms with Crippen molar-refractivity contribution in [2.24, 2.45) is 5.41 Å². The Kier molecular flexibility index (Phi) is 8.50. The summed E-state index contributed by atoms with van der Waals surface area (Å²) in [7, 11) is 4.48. The molecule has 1 atom stereocenters. The van der Waals surface area contributed by atoms with Gasteiger partial charge in [-0.15, -0.1) is 0 Å². The summed E-state index contributed by atoms with van der Waals surface area (Å²) in [6, 6.07) is 0. The van der Waals surface area contributed by atoms with Crippen LogP contribution in [0.1, 0.15) is 54.9 Å². The monoisotopic (exact) mass is 341 g/mol. The van der Waals surface area contributed by atoms with Gasteiger partial charge in [0.15, 0.2) is 0 Å². The second kappa shape index (κ2) is 8.88. The Morgan fingerprint density at radius 3 is 1.96 bits per heavy atom. The largest absolute Gasteiger partial charge is 0.464 e. The lowest BCUT2D eigenvalue weighted by Crippen LogP contribution is -2.37. The standard InChI is InChI=1S/C18H36BNO4/c1-10-18(7,15(22)23-12-11-20(8)9)19-13-17(5,6)14(21)24-16(2,3)4/h19H,10-13H2,1-9H3. The third-order valence-corrected chi connectivity index (χ3v) is 4.30. The molecule has 0 fully saturated rings. The van der Waals surface area contributed by atoms with Crippen LogP contribution in [0, 0.1) is 5.41 Å². The molecule has 0 heterocycles. The number of carbonyl (C=O) groups is 2. The number of esters is 2. The Balaban J connectivity index is 4.74. The van der Waals surface area contributed by atoms with Gasteiger partial charge in [-0.1, -0.05) is 34.0 Å². The lowest BCUT2D eigenvalue weighted by molar-refractivity contribution is -0.164. The summed E-state index contributed by atoms with van der Waals surface area (Å²) in [5, 5.41) is -0.578. The number of hydrogen-bond donors (Lipinski definition) is 0. The van der Waals surface area contributed by atoms with Gasteiger partial charge in [0, 0.05) is 11.9 Å². The first-order valence-corrected chi connectivity index (χ1v) is 8.79. The van der Waals surface area contributed by atoms with Crippen molar-refractivity contribution in [2.75, 3.05) is 27.2 Å².